The normalized spacial score (nSPS) is 19.3. The number of benzene rings is 1. The van der Waals surface area contributed by atoms with Crippen molar-refractivity contribution in [1.29, 1.82) is 0 Å². The molecule has 0 aromatic heterocycles. The van der Waals surface area contributed by atoms with Crippen molar-refractivity contribution in [2.45, 2.75) is 37.4 Å². The van der Waals surface area contributed by atoms with Gasteiger partial charge in [-0.15, -0.1) is 0 Å². The Morgan fingerprint density at radius 2 is 1.05 bits per heavy atom. The summed E-state index contributed by atoms with van der Waals surface area (Å²) in [6, 6.07) is 3.07. The molecule has 0 aliphatic rings. The maximum Gasteiger partial charge on any atom is 0.421 e. The van der Waals surface area contributed by atoms with E-state index in [0.29, 0.717) is 19.9 Å². The van der Waals surface area contributed by atoms with E-state index in [1.54, 1.807) is 0 Å². The zero-order valence-electron chi connectivity index (χ0n) is 10.5. The molecule has 1 aromatic carbocycles. The van der Waals surface area contributed by atoms with Crippen molar-refractivity contribution >= 4 is 0 Å². The first kappa shape index (κ1) is 16.8. The lowest BCUT2D eigenvalue weighted by Crippen LogP contribution is -2.41. The van der Waals surface area contributed by atoms with Crippen molar-refractivity contribution in [3.05, 3.63) is 35.4 Å². The number of aliphatic hydroxyl groups is 2. The largest absolute Gasteiger partial charge is 0.421 e. The summed E-state index contributed by atoms with van der Waals surface area (Å²) in [4.78, 5) is 0. The molecule has 1 aromatic rings. The minimum atomic E-state index is -5.06. The van der Waals surface area contributed by atoms with Crippen molar-refractivity contribution < 1.29 is 36.6 Å². The summed E-state index contributed by atoms with van der Waals surface area (Å²) in [5, 5.41) is 18.9. The lowest BCUT2D eigenvalue weighted by Gasteiger charge is -2.30. The Balaban J connectivity index is 3.36. The maximum atomic E-state index is 12.6. The van der Waals surface area contributed by atoms with Gasteiger partial charge in [-0.05, 0) is 31.0 Å². The molecule has 2 unspecified atom stereocenters. The smallest absolute Gasteiger partial charge is 0.376 e. The van der Waals surface area contributed by atoms with Crippen LogP contribution in [0.25, 0.3) is 0 Å². The highest BCUT2D eigenvalue weighted by molar-refractivity contribution is 5.33. The molecule has 0 aliphatic heterocycles. The predicted molar refractivity (Wildman–Crippen MR) is 57.7 cm³/mol. The molecule has 0 spiro atoms. The first-order valence-electron chi connectivity index (χ1n) is 5.40. The van der Waals surface area contributed by atoms with Crippen molar-refractivity contribution in [3.8, 4) is 0 Å². The van der Waals surface area contributed by atoms with Gasteiger partial charge >= 0.3 is 12.4 Å². The van der Waals surface area contributed by atoms with Crippen LogP contribution in [0.2, 0.25) is 0 Å². The van der Waals surface area contributed by atoms with Gasteiger partial charge in [0.25, 0.3) is 0 Å². The Bertz CT molecular complexity index is 446. The monoisotopic (exact) mass is 302 g/mol. The van der Waals surface area contributed by atoms with Gasteiger partial charge in [0.05, 0.1) is 0 Å². The Kier molecular flexibility index (Phi) is 3.88. The Morgan fingerprint density at radius 3 is 1.30 bits per heavy atom. The Morgan fingerprint density at radius 1 is 0.750 bits per heavy atom. The van der Waals surface area contributed by atoms with Crippen molar-refractivity contribution in [3.63, 3.8) is 0 Å². The average Bonchev–Trinajstić information content (AvgIpc) is 2.26. The summed E-state index contributed by atoms with van der Waals surface area (Å²) in [6.45, 7) is 0.850. The minimum absolute atomic E-state index is 0.425. The van der Waals surface area contributed by atoms with Crippen LogP contribution in [0.5, 0.6) is 0 Å². The highest BCUT2D eigenvalue weighted by Gasteiger charge is 2.54. The number of halogens is 6. The number of rotatable bonds is 2. The molecule has 0 saturated heterocycles. The molecule has 0 aliphatic carbocycles. The van der Waals surface area contributed by atoms with Crippen molar-refractivity contribution in [1.82, 2.24) is 0 Å². The van der Waals surface area contributed by atoms with Gasteiger partial charge in [0, 0.05) is 0 Å². The molecule has 0 fully saturated rings. The van der Waals surface area contributed by atoms with Crippen LogP contribution in [0.15, 0.2) is 24.3 Å². The standard InChI is InChI=1S/C12H12F6O2/c1-9(19,11(13,14)15)7-4-3-5-8(6-7)10(2,20)12(16,17)18/h3-6,19-20H,1-2H3. The zero-order chi connectivity index (χ0) is 16.0. The first-order chi connectivity index (χ1) is 8.71. The molecule has 8 heteroatoms. The lowest BCUT2D eigenvalue weighted by molar-refractivity contribution is -0.261. The molecule has 0 bridgehead atoms. The van der Waals surface area contributed by atoms with Gasteiger partial charge in [0.1, 0.15) is 0 Å². The van der Waals surface area contributed by atoms with Crippen molar-refractivity contribution in [2.24, 2.45) is 0 Å². The van der Waals surface area contributed by atoms with Crippen molar-refractivity contribution in [2.75, 3.05) is 0 Å². The molecule has 1 rings (SSSR count). The van der Waals surface area contributed by atoms with Gasteiger partial charge in [-0.25, -0.2) is 0 Å². The number of hydrogen-bond donors (Lipinski definition) is 2. The second-order valence-electron chi connectivity index (χ2n) is 4.72. The van der Waals surface area contributed by atoms with Gasteiger partial charge < -0.3 is 10.2 Å². The zero-order valence-corrected chi connectivity index (χ0v) is 10.5. The molecule has 114 valence electrons. The number of hydrogen-bond acceptors (Lipinski definition) is 2. The fourth-order valence-electron chi connectivity index (χ4n) is 1.45. The van der Waals surface area contributed by atoms with Gasteiger partial charge in [-0.1, -0.05) is 18.2 Å². The third-order valence-electron chi connectivity index (χ3n) is 3.09. The molecule has 2 N–H and O–H groups in total. The second kappa shape index (κ2) is 4.63. The molecule has 0 saturated carbocycles. The summed E-state index contributed by atoms with van der Waals surface area (Å²) in [5.74, 6) is 0. The summed E-state index contributed by atoms with van der Waals surface area (Å²) in [6.07, 6.45) is -10.1. The summed E-state index contributed by atoms with van der Waals surface area (Å²) >= 11 is 0. The second-order valence-corrected chi connectivity index (χ2v) is 4.72. The van der Waals surface area contributed by atoms with Crippen LogP contribution in [0.3, 0.4) is 0 Å². The Hall–Kier alpha value is -1.28. The van der Waals surface area contributed by atoms with E-state index in [1.165, 1.54) is 0 Å². The maximum absolute atomic E-state index is 12.6. The van der Waals surface area contributed by atoms with E-state index in [1.807, 2.05) is 0 Å². The third kappa shape index (κ3) is 2.76. The summed E-state index contributed by atoms with van der Waals surface area (Å²) < 4.78 is 75.9. The SMILES string of the molecule is CC(O)(c1cccc(C(C)(O)C(F)(F)F)c1)C(F)(F)F. The first-order valence-corrected chi connectivity index (χ1v) is 5.40. The van der Waals surface area contributed by atoms with E-state index in [4.69, 9.17) is 0 Å². The van der Waals surface area contributed by atoms with Crippen LogP contribution in [0.1, 0.15) is 25.0 Å². The van der Waals surface area contributed by atoms with Crippen LogP contribution in [0.4, 0.5) is 26.3 Å². The highest BCUT2D eigenvalue weighted by Crippen LogP contribution is 2.42. The average molecular weight is 302 g/mol. The van der Waals surface area contributed by atoms with E-state index >= 15 is 0 Å². The van der Waals surface area contributed by atoms with Crippen LogP contribution in [0, 0.1) is 0 Å². The molecule has 20 heavy (non-hydrogen) atoms. The molecule has 0 amide bonds. The summed E-state index contributed by atoms with van der Waals surface area (Å²) in [5.41, 5.74) is -8.20. The van der Waals surface area contributed by atoms with E-state index in [-0.39, 0.29) is 0 Å². The van der Waals surface area contributed by atoms with Crippen LogP contribution in [-0.2, 0) is 11.2 Å². The fourth-order valence-corrected chi connectivity index (χ4v) is 1.45. The van der Waals surface area contributed by atoms with Crippen LogP contribution < -0.4 is 0 Å². The minimum Gasteiger partial charge on any atom is -0.376 e. The van der Waals surface area contributed by atoms with Gasteiger partial charge in [0.15, 0.2) is 11.2 Å². The van der Waals surface area contributed by atoms with E-state index < -0.39 is 34.7 Å². The fraction of sp³-hybridized carbons (Fsp3) is 0.500. The van der Waals surface area contributed by atoms with Gasteiger partial charge in [-0.3, -0.25) is 0 Å². The van der Waals surface area contributed by atoms with Gasteiger partial charge in [0.2, 0.25) is 0 Å². The Labute approximate surface area is 110 Å². The predicted octanol–water partition coefficient (Wildman–Crippen LogP) is 3.23. The van der Waals surface area contributed by atoms with Gasteiger partial charge in [-0.2, -0.15) is 26.3 Å². The molecular weight excluding hydrogens is 290 g/mol. The molecule has 0 radical (unpaired) electrons. The third-order valence-corrected chi connectivity index (χ3v) is 3.09. The molecular formula is C12H12F6O2. The number of alkyl halides is 6. The van der Waals surface area contributed by atoms with E-state index in [0.717, 1.165) is 18.2 Å². The van der Waals surface area contributed by atoms with Crippen LogP contribution >= 0.6 is 0 Å². The summed E-state index contributed by atoms with van der Waals surface area (Å²) in [7, 11) is 0. The van der Waals surface area contributed by atoms with E-state index in [2.05, 4.69) is 0 Å². The molecule has 2 atom stereocenters. The van der Waals surface area contributed by atoms with E-state index in [9.17, 15) is 36.6 Å². The molecule has 2 nitrogen and oxygen atoms in total. The highest BCUT2D eigenvalue weighted by atomic mass is 19.4. The topological polar surface area (TPSA) is 40.5 Å². The quantitative estimate of drug-likeness (QED) is 0.824. The van der Waals surface area contributed by atoms with Crippen LogP contribution in [-0.4, -0.2) is 22.6 Å². The lowest BCUT2D eigenvalue weighted by atomic mass is 9.88. The molecule has 0 heterocycles.